The Hall–Kier alpha value is -3.21. The Bertz CT molecular complexity index is 880. The number of anilines is 4. The summed E-state index contributed by atoms with van der Waals surface area (Å²) in [5.41, 5.74) is 3.53. The van der Waals surface area contributed by atoms with Crippen molar-refractivity contribution in [2.24, 2.45) is 0 Å². The monoisotopic (exact) mass is 335 g/mol. The third-order valence-electron chi connectivity index (χ3n) is 3.83. The van der Waals surface area contributed by atoms with E-state index in [0.29, 0.717) is 5.82 Å². The molecule has 0 fully saturated rings. The number of rotatable bonds is 5. The van der Waals surface area contributed by atoms with Crippen LogP contribution >= 0.6 is 0 Å². The van der Waals surface area contributed by atoms with Gasteiger partial charge >= 0.3 is 0 Å². The Morgan fingerprint density at radius 1 is 0.920 bits per heavy atom. The largest absolute Gasteiger partial charge is 0.508 e. The molecule has 5 heteroatoms. The minimum absolute atomic E-state index is 0.202. The molecule has 0 saturated heterocycles. The van der Waals surface area contributed by atoms with Crippen LogP contribution in [0.4, 0.5) is 22.9 Å². The minimum atomic E-state index is 0.202. The fourth-order valence-corrected chi connectivity index (χ4v) is 2.78. The number of hydrogen-bond acceptors (Lipinski definition) is 5. The predicted molar refractivity (Wildman–Crippen MR) is 101 cm³/mol. The zero-order valence-corrected chi connectivity index (χ0v) is 14.3. The lowest BCUT2D eigenvalue weighted by molar-refractivity contribution is 0.475. The van der Waals surface area contributed by atoms with Gasteiger partial charge in [0.05, 0.1) is 0 Å². The Morgan fingerprint density at radius 2 is 1.64 bits per heavy atom. The number of hydrogen-bond donors (Lipinski definition) is 3. The van der Waals surface area contributed by atoms with Gasteiger partial charge in [0, 0.05) is 47.5 Å². The van der Waals surface area contributed by atoms with Crippen molar-refractivity contribution in [2.75, 3.05) is 16.8 Å². The summed E-state index contributed by atoms with van der Waals surface area (Å²) in [5.74, 6) is 1.13. The second kappa shape index (κ2) is 7.13. The van der Waals surface area contributed by atoms with Crippen LogP contribution in [0.3, 0.4) is 0 Å². The average Bonchev–Trinajstić information content (AvgIpc) is 2.55. The maximum Gasteiger partial charge on any atom is 0.132 e. The van der Waals surface area contributed by atoms with Crippen LogP contribution in [-0.4, -0.2) is 21.7 Å². The number of nitrogens with zero attached hydrogens (tertiary/aromatic N) is 2. The van der Waals surface area contributed by atoms with E-state index in [-0.39, 0.29) is 11.5 Å². The van der Waals surface area contributed by atoms with Crippen LogP contribution in [0.25, 0.3) is 0 Å². The summed E-state index contributed by atoms with van der Waals surface area (Å²) in [5, 5.41) is 22.6. The van der Waals surface area contributed by atoms with Crippen molar-refractivity contribution in [2.45, 2.75) is 13.8 Å². The molecule has 0 saturated carbocycles. The molecular weight excluding hydrogens is 314 g/mol. The van der Waals surface area contributed by atoms with Gasteiger partial charge in [-0.2, -0.15) is 0 Å². The van der Waals surface area contributed by atoms with Crippen molar-refractivity contribution >= 4 is 22.9 Å². The molecule has 25 heavy (non-hydrogen) atoms. The number of pyridine rings is 1. The summed E-state index contributed by atoms with van der Waals surface area (Å²) < 4.78 is 0. The topological polar surface area (TPSA) is 68.6 Å². The smallest absolute Gasteiger partial charge is 0.132 e. The van der Waals surface area contributed by atoms with Crippen LogP contribution in [0.1, 0.15) is 12.6 Å². The molecule has 0 aliphatic carbocycles. The van der Waals surface area contributed by atoms with E-state index in [1.54, 1.807) is 30.3 Å². The van der Waals surface area contributed by atoms with Crippen molar-refractivity contribution in [1.29, 1.82) is 0 Å². The minimum Gasteiger partial charge on any atom is -0.508 e. The van der Waals surface area contributed by atoms with E-state index in [1.165, 1.54) is 0 Å². The van der Waals surface area contributed by atoms with E-state index in [9.17, 15) is 10.2 Å². The molecule has 1 aromatic heterocycles. The van der Waals surface area contributed by atoms with Gasteiger partial charge in [-0.3, -0.25) is 0 Å². The predicted octanol–water partition coefficient (Wildman–Crippen LogP) is 4.70. The SMILES string of the molecule is CCN(c1cccc(O)c1)c1cc(C)nc(Nc2cccc(O)c2)c1. The summed E-state index contributed by atoms with van der Waals surface area (Å²) in [4.78, 5) is 6.62. The maximum absolute atomic E-state index is 9.76. The first kappa shape index (κ1) is 16.6. The molecule has 0 bridgehead atoms. The molecule has 0 atom stereocenters. The van der Waals surface area contributed by atoms with Crippen molar-refractivity contribution in [3.8, 4) is 11.5 Å². The van der Waals surface area contributed by atoms with Gasteiger partial charge in [-0.05, 0) is 44.2 Å². The van der Waals surface area contributed by atoms with Gasteiger partial charge in [0.2, 0.25) is 0 Å². The van der Waals surface area contributed by atoms with E-state index >= 15 is 0 Å². The number of benzene rings is 2. The van der Waals surface area contributed by atoms with Crippen LogP contribution < -0.4 is 10.2 Å². The zero-order valence-electron chi connectivity index (χ0n) is 14.3. The van der Waals surface area contributed by atoms with Crippen LogP contribution in [0.2, 0.25) is 0 Å². The third kappa shape index (κ3) is 4.01. The van der Waals surface area contributed by atoms with Crippen LogP contribution in [0.5, 0.6) is 11.5 Å². The van der Waals surface area contributed by atoms with Gasteiger partial charge in [-0.1, -0.05) is 12.1 Å². The summed E-state index contributed by atoms with van der Waals surface area (Å²) in [6, 6.07) is 18.1. The molecule has 3 aromatic rings. The zero-order chi connectivity index (χ0) is 17.8. The molecule has 0 unspecified atom stereocenters. The fourth-order valence-electron chi connectivity index (χ4n) is 2.78. The van der Waals surface area contributed by atoms with Gasteiger partial charge in [0.25, 0.3) is 0 Å². The highest BCUT2D eigenvalue weighted by atomic mass is 16.3. The highest BCUT2D eigenvalue weighted by Gasteiger charge is 2.11. The normalized spacial score (nSPS) is 10.5. The van der Waals surface area contributed by atoms with Gasteiger partial charge in [-0.15, -0.1) is 0 Å². The molecule has 0 aliphatic rings. The van der Waals surface area contributed by atoms with E-state index in [4.69, 9.17) is 0 Å². The Kier molecular flexibility index (Phi) is 4.75. The van der Waals surface area contributed by atoms with E-state index < -0.39 is 0 Å². The van der Waals surface area contributed by atoms with Crippen molar-refractivity contribution in [3.05, 3.63) is 66.4 Å². The first-order valence-electron chi connectivity index (χ1n) is 8.16. The Balaban J connectivity index is 1.95. The van der Waals surface area contributed by atoms with Crippen molar-refractivity contribution < 1.29 is 10.2 Å². The number of nitrogens with one attached hydrogen (secondary N) is 1. The van der Waals surface area contributed by atoms with Crippen LogP contribution in [0, 0.1) is 6.92 Å². The lowest BCUT2D eigenvalue weighted by atomic mass is 10.2. The third-order valence-corrected chi connectivity index (χ3v) is 3.83. The van der Waals surface area contributed by atoms with Gasteiger partial charge in [0.15, 0.2) is 0 Å². The van der Waals surface area contributed by atoms with Gasteiger partial charge < -0.3 is 20.4 Å². The molecule has 128 valence electrons. The van der Waals surface area contributed by atoms with E-state index in [0.717, 1.165) is 29.3 Å². The molecular formula is C20H21N3O2. The molecule has 5 nitrogen and oxygen atoms in total. The van der Waals surface area contributed by atoms with Crippen molar-refractivity contribution in [1.82, 2.24) is 4.98 Å². The lowest BCUT2D eigenvalue weighted by Crippen LogP contribution is -2.16. The Morgan fingerprint density at radius 3 is 2.32 bits per heavy atom. The summed E-state index contributed by atoms with van der Waals surface area (Å²) in [6.07, 6.45) is 0. The lowest BCUT2D eigenvalue weighted by Gasteiger charge is -2.24. The number of aromatic nitrogens is 1. The van der Waals surface area contributed by atoms with Crippen LogP contribution in [-0.2, 0) is 0 Å². The first-order valence-corrected chi connectivity index (χ1v) is 8.16. The quantitative estimate of drug-likeness (QED) is 0.630. The molecule has 3 rings (SSSR count). The highest BCUT2D eigenvalue weighted by Crippen LogP contribution is 2.30. The van der Waals surface area contributed by atoms with E-state index in [2.05, 4.69) is 22.1 Å². The number of aromatic hydroxyl groups is 2. The molecule has 2 aromatic carbocycles. The highest BCUT2D eigenvalue weighted by molar-refractivity contribution is 5.69. The molecule has 1 heterocycles. The van der Waals surface area contributed by atoms with Gasteiger partial charge in [-0.25, -0.2) is 4.98 Å². The van der Waals surface area contributed by atoms with Crippen LogP contribution in [0.15, 0.2) is 60.7 Å². The number of aryl methyl sites for hydroxylation is 1. The molecule has 0 radical (unpaired) electrons. The summed E-state index contributed by atoms with van der Waals surface area (Å²) in [6.45, 7) is 4.74. The molecule has 0 aliphatic heterocycles. The average molecular weight is 335 g/mol. The van der Waals surface area contributed by atoms with Crippen molar-refractivity contribution in [3.63, 3.8) is 0 Å². The first-order chi connectivity index (χ1) is 12.0. The molecule has 0 amide bonds. The van der Waals surface area contributed by atoms with Gasteiger partial charge in [0.1, 0.15) is 17.3 Å². The molecule has 0 spiro atoms. The standard InChI is InChI=1S/C20H21N3O2/c1-3-23(16-7-5-9-19(25)12-16)17-10-14(2)21-20(13-17)22-15-6-4-8-18(24)11-15/h4-13,24-25H,3H2,1-2H3,(H,21,22). The Labute approximate surface area is 147 Å². The summed E-state index contributed by atoms with van der Waals surface area (Å²) >= 11 is 0. The molecule has 3 N–H and O–H groups in total. The number of phenolic OH excluding ortho intramolecular Hbond substituents is 2. The maximum atomic E-state index is 9.76. The summed E-state index contributed by atoms with van der Waals surface area (Å²) in [7, 11) is 0. The number of phenols is 2. The second-order valence-electron chi connectivity index (χ2n) is 5.79. The fraction of sp³-hybridized carbons (Fsp3) is 0.150. The second-order valence-corrected chi connectivity index (χ2v) is 5.79. The van der Waals surface area contributed by atoms with E-state index in [1.807, 2.05) is 37.3 Å².